The van der Waals surface area contributed by atoms with Crippen molar-refractivity contribution in [2.24, 2.45) is 0 Å². The molecule has 0 bridgehead atoms. The van der Waals surface area contributed by atoms with Crippen molar-refractivity contribution in [3.63, 3.8) is 0 Å². The van der Waals surface area contributed by atoms with Gasteiger partial charge in [-0.15, -0.1) is 0 Å². The minimum atomic E-state index is -0.567. The third kappa shape index (κ3) is 7.63. The first-order valence-corrected chi connectivity index (χ1v) is 9.48. The quantitative estimate of drug-likeness (QED) is 0.569. The van der Waals surface area contributed by atoms with Crippen LogP contribution in [-0.4, -0.2) is 31.5 Å². The van der Waals surface area contributed by atoms with E-state index in [2.05, 4.69) is 10.6 Å². The molecular weight excluding hydrogens is 419 g/mol. The number of anilines is 2. The predicted molar refractivity (Wildman–Crippen MR) is 112 cm³/mol. The van der Waals surface area contributed by atoms with Crippen molar-refractivity contribution in [3.8, 4) is 5.75 Å². The van der Waals surface area contributed by atoms with Crippen molar-refractivity contribution in [1.29, 1.82) is 0 Å². The molecule has 0 saturated heterocycles. The Labute approximate surface area is 178 Å². The number of hydrogen-bond donors (Lipinski definition) is 2. The van der Waals surface area contributed by atoms with Crippen molar-refractivity contribution < 1.29 is 23.9 Å². The smallest absolute Gasteiger partial charge is 0.306 e. The molecule has 2 rings (SSSR count). The molecular formula is C20H20Cl2N2O5. The summed E-state index contributed by atoms with van der Waals surface area (Å²) in [6.45, 7) is -0.424. The van der Waals surface area contributed by atoms with Crippen molar-refractivity contribution in [2.45, 2.75) is 19.3 Å². The van der Waals surface area contributed by atoms with Crippen molar-refractivity contribution >= 4 is 52.4 Å². The van der Waals surface area contributed by atoms with Gasteiger partial charge in [0.25, 0.3) is 5.91 Å². The average Bonchev–Trinajstić information content (AvgIpc) is 2.69. The molecule has 154 valence electrons. The monoisotopic (exact) mass is 438 g/mol. The molecule has 9 heteroatoms. The molecule has 0 aliphatic heterocycles. The molecule has 0 heterocycles. The molecule has 0 unspecified atom stereocenters. The standard InChI is InChI=1S/C20H20Cl2N2O5/c1-28-17-6-3-2-5-16(17)24-19(26)12-29-20(27)8-4-7-18(25)23-13-9-10-14(21)15(22)11-13/h2-3,5-6,9-11H,4,7-8,12H2,1H3,(H,23,25)(H,24,26). The maximum Gasteiger partial charge on any atom is 0.306 e. The number of nitrogens with one attached hydrogen (secondary N) is 2. The number of carbonyl (C=O) groups excluding carboxylic acids is 3. The molecule has 0 aliphatic rings. The second-order valence-corrected chi connectivity index (χ2v) is 6.75. The average molecular weight is 439 g/mol. The second kappa shape index (κ2) is 11.3. The lowest BCUT2D eigenvalue weighted by Gasteiger charge is -2.10. The molecule has 2 aromatic rings. The van der Waals surface area contributed by atoms with Gasteiger partial charge >= 0.3 is 5.97 Å². The molecule has 0 spiro atoms. The summed E-state index contributed by atoms with van der Waals surface area (Å²) in [5.74, 6) is -0.826. The van der Waals surface area contributed by atoms with E-state index in [0.29, 0.717) is 27.2 Å². The summed E-state index contributed by atoms with van der Waals surface area (Å²) < 4.78 is 10.1. The van der Waals surface area contributed by atoms with E-state index in [0.717, 1.165) is 0 Å². The van der Waals surface area contributed by atoms with E-state index >= 15 is 0 Å². The van der Waals surface area contributed by atoms with Gasteiger partial charge in [0.2, 0.25) is 5.91 Å². The third-order valence-electron chi connectivity index (χ3n) is 3.73. The van der Waals surface area contributed by atoms with Crippen LogP contribution in [0.4, 0.5) is 11.4 Å². The number of methoxy groups -OCH3 is 1. The number of esters is 1. The maximum absolute atomic E-state index is 11.9. The highest BCUT2D eigenvalue weighted by Gasteiger charge is 2.11. The van der Waals surface area contributed by atoms with E-state index in [4.69, 9.17) is 32.7 Å². The number of amides is 2. The number of benzene rings is 2. The van der Waals surface area contributed by atoms with E-state index in [1.54, 1.807) is 36.4 Å². The van der Waals surface area contributed by atoms with Gasteiger partial charge in [0.05, 0.1) is 22.8 Å². The number of para-hydroxylation sites is 2. The summed E-state index contributed by atoms with van der Waals surface area (Å²) in [6.07, 6.45) is 0.402. The fraction of sp³-hybridized carbons (Fsp3) is 0.250. The van der Waals surface area contributed by atoms with Gasteiger partial charge in [-0.3, -0.25) is 14.4 Å². The third-order valence-corrected chi connectivity index (χ3v) is 4.47. The number of halogens is 2. The molecule has 0 saturated carbocycles. The lowest BCUT2D eigenvalue weighted by atomic mass is 10.2. The van der Waals surface area contributed by atoms with Gasteiger partial charge < -0.3 is 20.1 Å². The fourth-order valence-electron chi connectivity index (χ4n) is 2.34. The first-order chi connectivity index (χ1) is 13.9. The van der Waals surface area contributed by atoms with E-state index in [9.17, 15) is 14.4 Å². The van der Waals surface area contributed by atoms with Crippen LogP contribution in [0.25, 0.3) is 0 Å². The molecule has 0 atom stereocenters. The molecule has 2 aromatic carbocycles. The topological polar surface area (TPSA) is 93.7 Å². The first-order valence-electron chi connectivity index (χ1n) is 8.72. The van der Waals surface area contributed by atoms with E-state index < -0.39 is 18.5 Å². The van der Waals surface area contributed by atoms with Gasteiger partial charge in [0.1, 0.15) is 5.75 Å². The zero-order chi connectivity index (χ0) is 21.2. The van der Waals surface area contributed by atoms with Crippen LogP contribution in [0.1, 0.15) is 19.3 Å². The van der Waals surface area contributed by atoms with Gasteiger partial charge in [-0.1, -0.05) is 35.3 Å². The summed E-state index contributed by atoms with van der Waals surface area (Å²) in [5, 5.41) is 5.99. The molecule has 29 heavy (non-hydrogen) atoms. The van der Waals surface area contributed by atoms with Crippen molar-refractivity contribution in [3.05, 3.63) is 52.5 Å². The van der Waals surface area contributed by atoms with E-state index in [1.807, 2.05) is 0 Å². The fourth-order valence-corrected chi connectivity index (χ4v) is 2.64. The highest BCUT2D eigenvalue weighted by Crippen LogP contribution is 2.25. The van der Waals surface area contributed by atoms with Crippen LogP contribution in [0.15, 0.2) is 42.5 Å². The summed E-state index contributed by atoms with van der Waals surface area (Å²) >= 11 is 11.7. The van der Waals surface area contributed by atoms with Crippen LogP contribution in [0.5, 0.6) is 5.75 Å². The molecule has 0 aromatic heterocycles. The Morgan fingerprint density at radius 1 is 0.931 bits per heavy atom. The SMILES string of the molecule is COc1ccccc1NC(=O)COC(=O)CCCC(=O)Nc1ccc(Cl)c(Cl)c1. The summed E-state index contributed by atoms with van der Waals surface area (Å²) in [4.78, 5) is 35.6. The number of rotatable bonds is 9. The Kier molecular flexibility index (Phi) is 8.76. The van der Waals surface area contributed by atoms with Gasteiger partial charge in [0.15, 0.2) is 6.61 Å². The highest BCUT2D eigenvalue weighted by molar-refractivity contribution is 6.42. The lowest BCUT2D eigenvalue weighted by molar-refractivity contribution is -0.147. The second-order valence-electron chi connectivity index (χ2n) is 5.94. The molecule has 7 nitrogen and oxygen atoms in total. The van der Waals surface area contributed by atoms with E-state index in [-0.39, 0.29) is 25.2 Å². The number of carbonyl (C=O) groups is 3. The Hall–Kier alpha value is -2.77. The van der Waals surface area contributed by atoms with Crippen molar-refractivity contribution in [1.82, 2.24) is 0 Å². The molecule has 0 fully saturated rings. The van der Waals surface area contributed by atoms with Crippen LogP contribution in [0, 0.1) is 0 Å². The minimum absolute atomic E-state index is 0.0106. The van der Waals surface area contributed by atoms with E-state index in [1.165, 1.54) is 13.2 Å². The zero-order valence-electron chi connectivity index (χ0n) is 15.7. The predicted octanol–water partition coefficient (Wildman–Crippen LogP) is 4.29. The van der Waals surface area contributed by atoms with Crippen LogP contribution >= 0.6 is 23.2 Å². The van der Waals surface area contributed by atoms with Crippen LogP contribution in [0.2, 0.25) is 10.0 Å². The lowest BCUT2D eigenvalue weighted by Crippen LogP contribution is -2.21. The number of hydrogen-bond acceptors (Lipinski definition) is 5. The summed E-state index contributed by atoms with van der Waals surface area (Å²) in [5.41, 5.74) is 0.995. The minimum Gasteiger partial charge on any atom is -0.495 e. The normalized spacial score (nSPS) is 10.2. The highest BCUT2D eigenvalue weighted by atomic mass is 35.5. The van der Waals surface area contributed by atoms with Gasteiger partial charge in [-0.25, -0.2) is 0 Å². The van der Waals surface area contributed by atoms with Gasteiger partial charge in [0, 0.05) is 18.5 Å². The Bertz CT molecular complexity index is 889. The summed E-state index contributed by atoms with van der Waals surface area (Å²) in [6, 6.07) is 11.6. The van der Waals surface area contributed by atoms with Gasteiger partial charge in [-0.2, -0.15) is 0 Å². The molecule has 2 amide bonds. The summed E-state index contributed by atoms with van der Waals surface area (Å²) in [7, 11) is 1.49. The first kappa shape index (κ1) is 22.5. The van der Waals surface area contributed by atoms with Crippen LogP contribution in [-0.2, 0) is 19.1 Å². The molecule has 2 N–H and O–H groups in total. The Morgan fingerprint density at radius 2 is 1.69 bits per heavy atom. The zero-order valence-corrected chi connectivity index (χ0v) is 17.2. The Balaban J connectivity index is 1.66. The maximum atomic E-state index is 11.9. The molecule has 0 radical (unpaired) electrons. The van der Waals surface area contributed by atoms with Crippen molar-refractivity contribution in [2.75, 3.05) is 24.4 Å². The largest absolute Gasteiger partial charge is 0.495 e. The van der Waals surface area contributed by atoms with Gasteiger partial charge in [-0.05, 0) is 36.8 Å². The Morgan fingerprint density at radius 3 is 2.41 bits per heavy atom. The van der Waals surface area contributed by atoms with Crippen LogP contribution < -0.4 is 15.4 Å². The van der Waals surface area contributed by atoms with Crippen LogP contribution in [0.3, 0.4) is 0 Å². The number of ether oxygens (including phenoxy) is 2. The molecule has 0 aliphatic carbocycles.